The van der Waals surface area contributed by atoms with Crippen molar-refractivity contribution in [3.8, 4) is 0 Å². The van der Waals surface area contributed by atoms with Crippen LogP contribution in [0.25, 0.3) is 0 Å². The van der Waals surface area contributed by atoms with Crippen molar-refractivity contribution in [3.63, 3.8) is 0 Å². The number of hydrogen-bond donors (Lipinski definition) is 1. The van der Waals surface area contributed by atoms with Crippen LogP contribution in [0.3, 0.4) is 0 Å². The van der Waals surface area contributed by atoms with Crippen LogP contribution in [-0.4, -0.2) is 14.7 Å². The Morgan fingerprint density at radius 1 is 1.77 bits per heavy atom. The maximum absolute atomic E-state index is 10.3. The number of rotatable bonds is 2. The van der Waals surface area contributed by atoms with Gasteiger partial charge in [-0.05, 0) is 25.7 Å². The third-order valence-corrected chi connectivity index (χ3v) is 3.22. The first-order chi connectivity index (χ1) is 6.18. The van der Waals surface area contributed by atoms with Crippen LogP contribution in [0.2, 0.25) is 0 Å². The Morgan fingerprint density at radius 2 is 2.54 bits per heavy atom. The summed E-state index contributed by atoms with van der Waals surface area (Å²) in [6, 6.07) is 0. The standard InChI is InChI=1S/C10H16N2O/c1-3-12-7-6-11-9(12)10(13)5-4-8(10)2/h6-8,13H,3-5H2,1-2H3. The second-order valence-electron chi connectivity index (χ2n) is 3.90. The van der Waals surface area contributed by atoms with Crippen LogP contribution in [0.5, 0.6) is 0 Å². The summed E-state index contributed by atoms with van der Waals surface area (Å²) in [7, 11) is 0. The molecule has 1 fully saturated rings. The van der Waals surface area contributed by atoms with Crippen LogP contribution < -0.4 is 0 Å². The molecule has 1 heterocycles. The van der Waals surface area contributed by atoms with Crippen LogP contribution >= 0.6 is 0 Å². The van der Waals surface area contributed by atoms with Crippen molar-refractivity contribution in [2.75, 3.05) is 0 Å². The average Bonchev–Trinajstić information content (AvgIpc) is 2.62. The molecule has 0 bridgehead atoms. The van der Waals surface area contributed by atoms with Crippen molar-refractivity contribution in [2.45, 2.75) is 38.8 Å². The number of aliphatic hydroxyl groups is 1. The lowest BCUT2D eigenvalue weighted by molar-refractivity contribution is -0.102. The molecule has 0 saturated heterocycles. The fourth-order valence-corrected chi connectivity index (χ4v) is 1.98. The highest BCUT2D eigenvalue weighted by molar-refractivity contribution is 5.11. The molecule has 3 heteroatoms. The molecular formula is C10H16N2O. The van der Waals surface area contributed by atoms with Crippen LogP contribution in [-0.2, 0) is 12.1 Å². The fraction of sp³-hybridized carbons (Fsp3) is 0.700. The van der Waals surface area contributed by atoms with Gasteiger partial charge in [0, 0.05) is 18.9 Å². The molecule has 0 spiro atoms. The topological polar surface area (TPSA) is 38.0 Å². The Hall–Kier alpha value is -0.830. The fourth-order valence-electron chi connectivity index (χ4n) is 1.98. The van der Waals surface area contributed by atoms with E-state index in [9.17, 15) is 5.11 Å². The zero-order valence-corrected chi connectivity index (χ0v) is 8.20. The first-order valence-corrected chi connectivity index (χ1v) is 4.92. The van der Waals surface area contributed by atoms with Gasteiger partial charge in [-0.3, -0.25) is 0 Å². The zero-order valence-electron chi connectivity index (χ0n) is 8.20. The van der Waals surface area contributed by atoms with E-state index in [4.69, 9.17) is 0 Å². The summed E-state index contributed by atoms with van der Waals surface area (Å²) >= 11 is 0. The highest BCUT2D eigenvalue weighted by Crippen LogP contribution is 2.45. The Kier molecular flexibility index (Phi) is 1.91. The van der Waals surface area contributed by atoms with Crippen molar-refractivity contribution in [3.05, 3.63) is 18.2 Å². The second kappa shape index (κ2) is 2.84. The van der Waals surface area contributed by atoms with Crippen LogP contribution in [0.15, 0.2) is 12.4 Å². The van der Waals surface area contributed by atoms with E-state index in [1.54, 1.807) is 6.20 Å². The van der Waals surface area contributed by atoms with Crippen LogP contribution in [0.1, 0.15) is 32.5 Å². The Balaban J connectivity index is 2.34. The molecule has 1 saturated carbocycles. The molecule has 2 rings (SSSR count). The highest BCUT2D eigenvalue weighted by atomic mass is 16.3. The van der Waals surface area contributed by atoms with Crippen molar-refractivity contribution in [2.24, 2.45) is 5.92 Å². The summed E-state index contributed by atoms with van der Waals surface area (Å²) in [6.45, 7) is 5.03. The molecule has 0 aliphatic heterocycles. The van der Waals surface area contributed by atoms with Crippen molar-refractivity contribution >= 4 is 0 Å². The molecule has 13 heavy (non-hydrogen) atoms. The third kappa shape index (κ3) is 1.10. The van der Waals surface area contributed by atoms with Gasteiger partial charge in [-0.25, -0.2) is 4.98 Å². The number of aryl methyl sites for hydroxylation is 1. The summed E-state index contributed by atoms with van der Waals surface area (Å²) in [5.41, 5.74) is -0.653. The van der Waals surface area contributed by atoms with E-state index in [1.807, 2.05) is 10.8 Å². The minimum Gasteiger partial charge on any atom is -0.382 e. The van der Waals surface area contributed by atoms with Crippen molar-refractivity contribution in [1.82, 2.24) is 9.55 Å². The van der Waals surface area contributed by atoms with Gasteiger partial charge >= 0.3 is 0 Å². The lowest BCUT2D eigenvalue weighted by Gasteiger charge is -2.42. The minimum absolute atomic E-state index is 0.347. The molecule has 0 aromatic carbocycles. The van der Waals surface area contributed by atoms with Gasteiger partial charge in [-0.1, -0.05) is 6.92 Å². The van der Waals surface area contributed by atoms with Gasteiger partial charge in [0.05, 0.1) is 0 Å². The second-order valence-corrected chi connectivity index (χ2v) is 3.90. The first-order valence-electron chi connectivity index (χ1n) is 4.92. The van der Waals surface area contributed by atoms with Crippen LogP contribution in [0, 0.1) is 5.92 Å². The molecule has 2 unspecified atom stereocenters. The highest BCUT2D eigenvalue weighted by Gasteiger charge is 2.46. The molecule has 0 amide bonds. The molecule has 1 N–H and O–H groups in total. The van der Waals surface area contributed by atoms with E-state index in [0.29, 0.717) is 5.92 Å². The average molecular weight is 180 g/mol. The Bertz CT molecular complexity index is 308. The smallest absolute Gasteiger partial charge is 0.141 e. The SMILES string of the molecule is CCn1ccnc1C1(O)CCC1C. The van der Waals surface area contributed by atoms with Crippen LogP contribution in [0.4, 0.5) is 0 Å². The predicted molar refractivity (Wildman–Crippen MR) is 50.2 cm³/mol. The van der Waals surface area contributed by atoms with Gasteiger partial charge < -0.3 is 9.67 Å². The lowest BCUT2D eigenvalue weighted by atomic mass is 9.70. The summed E-state index contributed by atoms with van der Waals surface area (Å²) in [4.78, 5) is 4.24. The molecule has 2 atom stereocenters. The summed E-state index contributed by atoms with van der Waals surface area (Å²) in [6.07, 6.45) is 5.65. The Morgan fingerprint density at radius 3 is 3.00 bits per heavy atom. The van der Waals surface area contributed by atoms with Gasteiger partial charge in [-0.2, -0.15) is 0 Å². The van der Waals surface area contributed by atoms with Gasteiger partial charge in [0.25, 0.3) is 0 Å². The molecule has 1 aromatic heterocycles. The minimum atomic E-state index is -0.653. The summed E-state index contributed by atoms with van der Waals surface area (Å²) < 4.78 is 2.02. The number of hydrogen-bond acceptors (Lipinski definition) is 2. The zero-order chi connectivity index (χ0) is 9.47. The van der Waals surface area contributed by atoms with Crippen molar-refractivity contribution < 1.29 is 5.11 Å². The lowest BCUT2D eigenvalue weighted by Crippen LogP contribution is -2.44. The summed E-state index contributed by atoms with van der Waals surface area (Å²) in [5.74, 6) is 1.19. The quantitative estimate of drug-likeness (QED) is 0.749. The molecule has 72 valence electrons. The molecule has 1 aromatic rings. The largest absolute Gasteiger partial charge is 0.382 e. The van der Waals surface area contributed by atoms with Gasteiger partial charge in [-0.15, -0.1) is 0 Å². The van der Waals surface area contributed by atoms with Crippen molar-refractivity contribution in [1.29, 1.82) is 0 Å². The van der Waals surface area contributed by atoms with E-state index < -0.39 is 5.60 Å². The first kappa shape index (κ1) is 8.75. The molecule has 1 aliphatic carbocycles. The molecular weight excluding hydrogens is 164 g/mol. The van der Waals surface area contributed by atoms with E-state index in [1.165, 1.54) is 0 Å². The summed E-state index contributed by atoms with van der Waals surface area (Å²) in [5, 5.41) is 10.3. The third-order valence-electron chi connectivity index (χ3n) is 3.22. The van der Waals surface area contributed by atoms with E-state index in [2.05, 4.69) is 18.8 Å². The van der Waals surface area contributed by atoms with E-state index in [0.717, 1.165) is 25.2 Å². The van der Waals surface area contributed by atoms with E-state index in [-0.39, 0.29) is 0 Å². The molecule has 1 aliphatic rings. The maximum Gasteiger partial charge on any atom is 0.141 e. The van der Waals surface area contributed by atoms with E-state index >= 15 is 0 Å². The monoisotopic (exact) mass is 180 g/mol. The van der Waals surface area contributed by atoms with Gasteiger partial charge in [0.15, 0.2) is 0 Å². The normalized spacial score (nSPS) is 33.0. The maximum atomic E-state index is 10.3. The predicted octanol–water partition coefficient (Wildman–Crippen LogP) is 1.52. The Labute approximate surface area is 78.4 Å². The molecule has 0 radical (unpaired) electrons. The molecule has 3 nitrogen and oxygen atoms in total. The number of aromatic nitrogens is 2. The number of nitrogens with zero attached hydrogens (tertiary/aromatic N) is 2. The number of imidazole rings is 1. The van der Waals surface area contributed by atoms with Gasteiger partial charge in [0.1, 0.15) is 11.4 Å². The van der Waals surface area contributed by atoms with Gasteiger partial charge in [0.2, 0.25) is 0 Å².